The molecule has 0 spiro atoms. The van der Waals surface area contributed by atoms with E-state index in [2.05, 4.69) is 182 Å². The normalized spacial score (nSPS) is 11.9. The Morgan fingerprint density at radius 2 is 0.745 bits per heavy atom. The smallest absolute Gasteiger partial charge is 0.143 e. The zero-order valence-corrected chi connectivity index (χ0v) is 27.7. The molecule has 1 heterocycles. The van der Waals surface area contributed by atoms with E-state index >= 15 is 0 Å². The summed E-state index contributed by atoms with van der Waals surface area (Å²) in [4.78, 5) is 0. The second-order valence-corrected chi connectivity index (χ2v) is 13.6. The number of hydrogen-bond acceptors (Lipinski definition) is 1. The first-order valence-corrected chi connectivity index (χ1v) is 17.6. The third kappa shape index (κ3) is 4.28. The summed E-state index contributed by atoms with van der Waals surface area (Å²) in [6.45, 7) is 0. The van der Waals surface area contributed by atoms with E-state index in [4.69, 9.17) is 4.42 Å². The fourth-order valence-electron chi connectivity index (χ4n) is 8.43. The third-order valence-electron chi connectivity index (χ3n) is 10.8. The lowest BCUT2D eigenvalue weighted by atomic mass is 9.84. The summed E-state index contributed by atoms with van der Waals surface area (Å²) in [5.41, 5.74) is 9.15. The molecule has 0 radical (unpaired) electrons. The van der Waals surface area contributed by atoms with Crippen LogP contribution in [0.4, 0.5) is 0 Å². The van der Waals surface area contributed by atoms with Gasteiger partial charge in [0.2, 0.25) is 0 Å². The van der Waals surface area contributed by atoms with Crippen molar-refractivity contribution in [2.75, 3.05) is 0 Å². The molecule has 11 rings (SSSR count). The third-order valence-corrected chi connectivity index (χ3v) is 10.8. The Kier molecular flexibility index (Phi) is 6.02. The maximum Gasteiger partial charge on any atom is 0.143 e. The van der Waals surface area contributed by atoms with E-state index in [9.17, 15) is 0 Å². The molecular weight excluding hydrogens is 617 g/mol. The second-order valence-electron chi connectivity index (χ2n) is 13.6. The van der Waals surface area contributed by atoms with E-state index in [1.54, 1.807) is 0 Å². The van der Waals surface area contributed by atoms with Crippen molar-refractivity contribution in [3.05, 3.63) is 182 Å². The Bertz CT molecular complexity index is 3140. The van der Waals surface area contributed by atoms with Gasteiger partial charge in [-0.3, -0.25) is 0 Å². The monoisotopic (exact) mass is 646 g/mol. The van der Waals surface area contributed by atoms with Crippen molar-refractivity contribution in [1.29, 1.82) is 0 Å². The van der Waals surface area contributed by atoms with E-state index in [0.717, 1.165) is 32.9 Å². The molecule has 1 nitrogen and oxygen atoms in total. The van der Waals surface area contributed by atoms with Crippen molar-refractivity contribution < 1.29 is 4.42 Å². The van der Waals surface area contributed by atoms with Gasteiger partial charge in [0.15, 0.2) is 0 Å². The number of benzene rings is 10. The molecule has 236 valence electrons. The minimum atomic E-state index is 0.902. The summed E-state index contributed by atoms with van der Waals surface area (Å²) < 4.78 is 6.79. The number of rotatable bonds is 3. The van der Waals surface area contributed by atoms with Crippen molar-refractivity contribution in [3.63, 3.8) is 0 Å². The van der Waals surface area contributed by atoms with Crippen molar-refractivity contribution in [2.45, 2.75) is 0 Å². The Morgan fingerprint density at radius 3 is 1.39 bits per heavy atom. The average Bonchev–Trinajstić information content (AvgIpc) is 3.57. The fraction of sp³-hybridized carbons (Fsp3) is 0. The van der Waals surface area contributed by atoms with Gasteiger partial charge >= 0.3 is 0 Å². The molecule has 0 aliphatic rings. The van der Waals surface area contributed by atoms with Crippen LogP contribution in [0.15, 0.2) is 186 Å². The van der Waals surface area contributed by atoms with Crippen LogP contribution >= 0.6 is 0 Å². The highest BCUT2D eigenvalue weighted by molar-refractivity contribution is 6.27. The van der Waals surface area contributed by atoms with Gasteiger partial charge in [-0.1, -0.05) is 152 Å². The summed E-state index contributed by atoms with van der Waals surface area (Å²) in [7, 11) is 0. The zero-order chi connectivity index (χ0) is 33.5. The average molecular weight is 647 g/mol. The Hall–Kier alpha value is -6.70. The van der Waals surface area contributed by atoms with Crippen LogP contribution in [0.2, 0.25) is 0 Å². The van der Waals surface area contributed by atoms with Crippen LogP contribution in [0.25, 0.3) is 109 Å². The molecule has 0 amide bonds. The molecule has 0 saturated carbocycles. The summed E-state index contributed by atoms with van der Waals surface area (Å²) in [5, 5.41) is 14.6. The van der Waals surface area contributed by atoms with Gasteiger partial charge in [-0.15, -0.1) is 0 Å². The fourth-order valence-corrected chi connectivity index (χ4v) is 8.43. The highest BCUT2D eigenvalue weighted by atomic mass is 16.3. The van der Waals surface area contributed by atoms with Crippen molar-refractivity contribution in [2.24, 2.45) is 0 Å². The van der Waals surface area contributed by atoms with Crippen LogP contribution in [-0.2, 0) is 0 Å². The van der Waals surface area contributed by atoms with Crippen molar-refractivity contribution >= 4 is 75.8 Å². The Labute approximate surface area is 294 Å². The largest absolute Gasteiger partial charge is 0.455 e. The van der Waals surface area contributed by atoms with Gasteiger partial charge in [-0.05, 0) is 112 Å². The molecule has 0 aliphatic heterocycles. The highest BCUT2D eigenvalue weighted by Gasteiger charge is 2.21. The molecule has 0 fully saturated rings. The zero-order valence-electron chi connectivity index (χ0n) is 27.7. The molecule has 1 heteroatoms. The SMILES string of the molecule is c1ccc2cc(-c3ccc4c(c3)oc3c5ccccc5c(-c5c6ccccc6c(-c6ccc7ccccc7c6)c6ccccc56)cc43)ccc2c1. The second kappa shape index (κ2) is 10.9. The lowest BCUT2D eigenvalue weighted by Gasteiger charge is -2.19. The molecule has 11 aromatic rings. The lowest BCUT2D eigenvalue weighted by Crippen LogP contribution is -1.92. The summed E-state index contributed by atoms with van der Waals surface area (Å²) in [6, 6.07) is 66.3. The maximum absolute atomic E-state index is 6.79. The first-order chi connectivity index (χ1) is 25.3. The minimum Gasteiger partial charge on any atom is -0.455 e. The Balaban J connectivity index is 1.19. The number of hydrogen-bond donors (Lipinski definition) is 0. The van der Waals surface area contributed by atoms with Gasteiger partial charge in [0.25, 0.3) is 0 Å². The van der Waals surface area contributed by atoms with E-state index in [0.29, 0.717) is 0 Å². The molecule has 0 aliphatic carbocycles. The predicted octanol–water partition coefficient (Wildman–Crippen LogP) is 14.4. The molecule has 0 unspecified atom stereocenters. The van der Waals surface area contributed by atoms with Gasteiger partial charge in [0, 0.05) is 16.2 Å². The first kappa shape index (κ1) is 28.2. The quantitative estimate of drug-likeness (QED) is 0.174. The maximum atomic E-state index is 6.79. The minimum absolute atomic E-state index is 0.902. The first-order valence-electron chi connectivity index (χ1n) is 17.6. The van der Waals surface area contributed by atoms with Gasteiger partial charge < -0.3 is 4.42 Å². The number of fused-ring (bicyclic) bond motifs is 9. The molecule has 0 atom stereocenters. The Morgan fingerprint density at radius 1 is 0.275 bits per heavy atom. The van der Waals surface area contributed by atoms with Crippen LogP contribution in [0.1, 0.15) is 0 Å². The van der Waals surface area contributed by atoms with Crippen LogP contribution < -0.4 is 0 Å². The standard InChI is InChI=1S/C50H30O/c1-3-13-33-27-35(23-21-31(33)11-1)36-25-26-39-46-30-45(38-15-5-10-20-44(38)50(46)51-47(39)29-36)49-42-18-8-6-16-40(42)48(41-17-7-9-19-43(41)49)37-24-22-32-12-2-4-14-34(32)28-37/h1-30H. The molecule has 10 aromatic carbocycles. The molecule has 0 N–H and O–H groups in total. The van der Waals surface area contributed by atoms with Crippen LogP contribution in [0.5, 0.6) is 0 Å². The topological polar surface area (TPSA) is 13.1 Å². The molecule has 0 bridgehead atoms. The molecule has 0 saturated heterocycles. The van der Waals surface area contributed by atoms with Crippen LogP contribution in [0, 0.1) is 0 Å². The molecule has 51 heavy (non-hydrogen) atoms. The van der Waals surface area contributed by atoms with Crippen molar-refractivity contribution in [3.8, 4) is 33.4 Å². The van der Waals surface area contributed by atoms with E-state index < -0.39 is 0 Å². The molecule has 1 aromatic heterocycles. The van der Waals surface area contributed by atoms with E-state index in [1.807, 2.05) is 0 Å². The lowest BCUT2D eigenvalue weighted by molar-refractivity contribution is 0.673. The van der Waals surface area contributed by atoms with Crippen LogP contribution in [0.3, 0.4) is 0 Å². The highest BCUT2D eigenvalue weighted by Crippen LogP contribution is 2.48. The van der Waals surface area contributed by atoms with Crippen LogP contribution in [-0.4, -0.2) is 0 Å². The van der Waals surface area contributed by atoms with E-state index in [-0.39, 0.29) is 0 Å². The van der Waals surface area contributed by atoms with Gasteiger partial charge in [0.1, 0.15) is 11.2 Å². The molecular formula is C50H30O. The van der Waals surface area contributed by atoms with Gasteiger partial charge in [0.05, 0.1) is 0 Å². The summed E-state index contributed by atoms with van der Waals surface area (Å²) >= 11 is 0. The summed E-state index contributed by atoms with van der Waals surface area (Å²) in [6.07, 6.45) is 0. The van der Waals surface area contributed by atoms with Gasteiger partial charge in [-0.25, -0.2) is 0 Å². The van der Waals surface area contributed by atoms with Crippen molar-refractivity contribution in [1.82, 2.24) is 0 Å². The predicted molar refractivity (Wildman–Crippen MR) is 218 cm³/mol. The van der Waals surface area contributed by atoms with Gasteiger partial charge in [-0.2, -0.15) is 0 Å². The van der Waals surface area contributed by atoms with E-state index in [1.165, 1.54) is 76.3 Å². The summed E-state index contributed by atoms with van der Waals surface area (Å²) in [5.74, 6) is 0. The number of furan rings is 1.